The van der Waals surface area contributed by atoms with Gasteiger partial charge in [-0.25, -0.2) is 0 Å². The van der Waals surface area contributed by atoms with Gasteiger partial charge in [0.25, 0.3) is 0 Å². The van der Waals surface area contributed by atoms with E-state index in [1.807, 2.05) is 31.2 Å². The highest BCUT2D eigenvalue weighted by Crippen LogP contribution is 2.31. The predicted molar refractivity (Wildman–Crippen MR) is 81.0 cm³/mol. The van der Waals surface area contributed by atoms with Crippen molar-refractivity contribution in [3.63, 3.8) is 0 Å². The molecule has 0 bridgehead atoms. The van der Waals surface area contributed by atoms with Crippen LogP contribution in [0.3, 0.4) is 0 Å². The van der Waals surface area contributed by atoms with E-state index in [-0.39, 0.29) is 6.04 Å². The maximum atomic E-state index is 6.23. The van der Waals surface area contributed by atoms with E-state index in [9.17, 15) is 0 Å². The molecular weight excluding hydrogens is 322 g/mol. The molecular formula is C15H18BrNO3. The van der Waals surface area contributed by atoms with Gasteiger partial charge < -0.3 is 19.6 Å². The van der Waals surface area contributed by atoms with Crippen molar-refractivity contribution in [3.8, 4) is 5.75 Å². The van der Waals surface area contributed by atoms with Gasteiger partial charge in [-0.15, -0.1) is 0 Å². The number of hydrogen-bond acceptors (Lipinski definition) is 4. The van der Waals surface area contributed by atoms with Crippen LogP contribution < -0.4 is 10.5 Å². The summed E-state index contributed by atoms with van der Waals surface area (Å²) in [6, 6.07) is 7.42. The molecule has 1 aromatic heterocycles. The van der Waals surface area contributed by atoms with Crippen LogP contribution in [0.25, 0.3) is 0 Å². The Morgan fingerprint density at radius 2 is 2.10 bits per heavy atom. The summed E-state index contributed by atoms with van der Waals surface area (Å²) < 4.78 is 16.9. The molecule has 5 heteroatoms. The Kier molecular flexibility index (Phi) is 5.23. The van der Waals surface area contributed by atoms with E-state index in [1.54, 1.807) is 13.4 Å². The summed E-state index contributed by atoms with van der Waals surface area (Å²) in [5.74, 6) is 1.55. The minimum absolute atomic E-state index is 0.283. The highest BCUT2D eigenvalue weighted by molar-refractivity contribution is 9.10. The van der Waals surface area contributed by atoms with E-state index in [0.717, 1.165) is 27.1 Å². The second-order valence-electron chi connectivity index (χ2n) is 4.48. The fourth-order valence-electron chi connectivity index (χ4n) is 1.92. The van der Waals surface area contributed by atoms with E-state index in [1.165, 1.54) is 0 Å². The summed E-state index contributed by atoms with van der Waals surface area (Å²) in [7, 11) is 1.65. The van der Waals surface area contributed by atoms with Crippen molar-refractivity contribution in [1.29, 1.82) is 0 Å². The van der Waals surface area contributed by atoms with Gasteiger partial charge in [0.1, 0.15) is 18.1 Å². The zero-order chi connectivity index (χ0) is 14.5. The third-order valence-corrected chi connectivity index (χ3v) is 3.66. The van der Waals surface area contributed by atoms with E-state index in [0.29, 0.717) is 13.2 Å². The molecule has 0 spiro atoms. The quantitative estimate of drug-likeness (QED) is 0.819. The SMILES string of the molecule is COCCOc1ccc(C(N)c2occc2C)cc1Br. The van der Waals surface area contributed by atoms with E-state index in [2.05, 4.69) is 15.9 Å². The zero-order valence-electron chi connectivity index (χ0n) is 11.6. The first-order valence-corrected chi connectivity index (χ1v) is 7.13. The highest BCUT2D eigenvalue weighted by Gasteiger charge is 2.16. The van der Waals surface area contributed by atoms with E-state index in [4.69, 9.17) is 19.6 Å². The normalized spacial score (nSPS) is 12.4. The molecule has 2 N–H and O–H groups in total. The number of aryl methyl sites for hydroxylation is 1. The zero-order valence-corrected chi connectivity index (χ0v) is 13.1. The van der Waals surface area contributed by atoms with Crippen LogP contribution in [-0.2, 0) is 4.74 Å². The van der Waals surface area contributed by atoms with Crippen LogP contribution in [0.5, 0.6) is 5.75 Å². The fourth-order valence-corrected chi connectivity index (χ4v) is 2.43. The Labute approximate surface area is 127 Å². The number of benzene rings is 1. The minimum Gasteiger partial charge on any atom is -0.490 e. The molecule has 0 amide bonds. The van der Waals surface area contributed by atoms with Crippen LogP contribution >= 0.6 is 15.9 Å². The van der Waals surface area contributed by atoms with Gasteiger partial charge in [0.15, 0.2) is 0 Å². The molecule has 108 valence electrons. The van der Waals surface area contributed by atoms with E-state index >= 15 is 0 Å². The van der Waals surface area contributed by atoms with Gasteiger partial charge in [-0.05, 0) is 52.2 Å². The Morgan fingerprint density at radius 3 is 2.70 bits per heavy atom. The van der Waals surface area contributed by atoms with Crippen molar-refractivity contribution in [2.45, 2.75) is 13.0 Å². The van der Waals surface area contributed by atoms with Gasteiger partial charge in [0.05, 0.1) is 23.4 Å². The van der Waals surface area contributed by atoms with Crippen LogP contribution in [0.4, 0.5) is 0 Å². The first-order chi connectivity index (χ1) is 9.63. The Bertz CT molecular complexity index is 568. The molecule has 1 atom stereocenters. The van der Waals surface area contributed by atoms with Crippen LogP contribution in [-0.4, -0.2) is 20.3 Å². The predicted octanol–water partition coefficient (Wildman–Crippen LogP) is 3.42. The summed E-state index contributed by atoms with van der Waals surface area (Å²) in [4.78, 5) is 0. The monoisotopic (exact) mass is 339 g/mol. The lowest BCUT2D eigenvalue weighted by molar-refractivity contribution is 0.146. The fraction of sp³-hybridized carbons (Fsp3) is 0.333. The second-order valence-corrected chi connectivity index (χ2v) is 5.33. The molecule has 0 radical (unpaired) electrons. The first-order valence-electron chi connectivity index (χ1n) is 6.34. The van der Waals surface area contributed by atoms with Crippen molar-refractivity contribution in [1.82, 2.24) is 0 Å². The lowest BCUT2D eigenvalue weighted by atomic mass is 10.0. The molecule has 2 rings (SSSR count). The number of hydrogen-bond donors (Lipinski definition) is 1. The Hall–Kier alpha value is -1.30. The largest absolute Gasteiger partial charge is 0.490 e. The van der Waals surface area contributed by atoms with Crippen molar-refractivity contribution < 1.29 is 13.9 Å². The topological polar surface area (TPSA) is 57.6 Å². The number of rotatable bonds is 6. The van der Waals surface area contributed by atoms with E-state index < -0.39 is 0 Å². The minimum atomic E-state index is -0.283. The molecule has 1 unspecified atom stereocenters. The summed E-state index contributed by atoms with van der Waals surface area (Å²) >= 11 is 3.50. The molecule has 2 aromatic rings. The van der Waals surface area contributed by atoms with Crippen molar-refractivity contribution in [3.05, 3.63) is 51.9 Å². The maximum absolute atomic E-state index is 6.23. The van der Waals surface area contributed by atoms with Crippen LogP contribution in [0.15, 0.2) is 39.4 Å². The molecule has 1 heterocycles. The van der Waals surface area contributed by atoms with Gasteiger partial charge >= 0.3 is 0 Å². The number of nitrogens with two attached hydrogens (primary N) is 1. The lowest BCUT2D eigenvalue weighted by Gasteiger charge is -2.13. The van der Waals surface area contributed by atoms with Crippen molar-refractivity contribution in [2.75, 3.05) is 20.3 Å². The molecule has 0 fully saturated rings. The number of halogens is 1. The standard InChI is InChI=1S/C15H18BrNO3/c1-10-5-6-20-15(10)14(17)11-3-4-13(12(16)9-11)19-8-7-18-2/h3-6,9,14H,7-8,17H2,1-2H3. The number of furan rings is 1. The van der Waals surface area contributed by atoms with Gasteiger partial charge in [0, 0.05) is 7.11 Å². The Morgan fingerprint density at radius 1 is 1.30 bits per heavy atom. The van der Waals surface area contributed by atoms with Gasteiger partial charge in [-0.3, -0.25) is 0 Å². The van der Waals surface area contributed by atoms with Crippen LogP contribution in [0.2, 0.25) is 0 Å². The molecule has 0 aliphatic rings. The van der Waals surface area contributed by atoms with Crippen LogP contribution in [0.1, 0.15) is 22.9 Å². The molecule has 0 saturated carbocycles. The molecule has 0 aliphatic carbocycles. The number of ether oxygens (including phenoxy) is 2. The average molecular weight is 340 g/mol. The van der Waals surface area contributed by atoms with Crippen molar-refractivity contribution in [2.24, 2.45) is 5.73 Å². The summed E-state index contributed by atoms with van der Waals surface area (Å²) in [6.45, 7) is 3.05. The highest BCUT2D eigenvalue weighted by atomic mass is 79.9. The summed E-state index contributed by atoms with van der Waals surface area (Å²) in [6.07, 6.45) is 1.65. The summed E-state index contributed by atoms with van der Waals surface area (Å²) in [5, 5.41) is 0. The molecule has 0 aliphatic heterocycles. The lowest BCUT2D eigenvalue weighted by Crippen LogP contribution is -2.12. The van der Waals surface area contributed by atoms with Crippen LogP contribution in [0, 0.1) is 6.92 Å². The van der Waals surface area contributed by atoms with Gasteiger partial charge in [-0.2, -0.15) is 0 Å². The maximum Gasteiger partial charge on any atom is 0.133 e. The van der Waals surface area contributed by atoms with Gasteiger partial charge in [0.2, 0.25) is 0 Å². The number of methoxy groups -OCH3 is 1. The Balaban J connectivity index is 2.14. The molecule has 20 heavy (non-hydrogen) atoms. The third kappa shape index (κ3) is 3.42. The first kappa shape index (κ1) is 15.1. The second kappa shape index (κ2) is 6.92. The summed E-state index contributed by atoms with van der Waals surface area (Å²) in [5.41, 5.74) is 8.24. The molecule has 1 aromatic carbocycles. The third-order valence-electron chi connectivity index (χ3n) is 3.04. The molecule has 4 nitrogen and oxygen atoms in total. The van der Waals surface area contributed by atoms with Crippen molar-refractivity contribution >= 4 is 15.9 Å². The smallest absolute Gasteiger partial charge is 0.133 e. The molecule has 0 saturated heterocycles. The average Bonchev–Trinajstić information content (AvgIpc) is 2.86. The van der Waals surface area contributed by atoms with Gasteiger partial charge in [-0.1, -0.05) is 6.07 Å².